The zero-order valence-corrected chi connectivity index (χ0v) is 23.4. The zero-order chi connectivity index (χ0) is 29.8. The largest absolute Gasteiger partial charge is 0.309 e. The van der Waals surface area contributed by atoms with Crippen LogP contribution in [0, 0.1) is 34.0 Å². The van der Waals surface area contributed by atoms with Gasteiger partial charge in [0.2, 0.25) is 0 Å². The lowest BCUT2D eigenvalue weighted by Gasteiger charge is -2.11. The van der Waals surface area contributed by atoms with Crippen LogP contribution in [0.25, 0.3) is 66.1 Å². The van der Waals surface area contributed by atoms with Crippen molar-refractivity contribution in [1.29, 1.82) is 15.8 Å². The Balaban J connectivity index is 1.37. The fourth-order valence-corrected chi connectivity index (χ4v) is 6.44. The normalized spacial score (nSPS) is 11.1. The molecule has 8 rings (SSSR count). The van der Waals surface area contributed by atoms with Crippen molar-refractivity contribution in [2.24, 2.45) is 0 Å². The lowest BCUT2D eigenvalue weighted by atomic mass is 10.0. The average Bonchev–Trinajstić information content (AvgIpc) is 3.60. The number of fused-ring (bicyclic) bond motifs is 6. The van der Waals surface area contributed by atoms with Gasteiger partial charge in [-0.2, -0.15) is 15.8 Å². The third-order valence-electron chi connectivity index (χ3n) is 8.40. The predicted octanol–water partition coefficient (Wildman–Crippen LogP) is 9.16. The Morgan fingerprint density at radius 3 is 1.82 bits per heavy atom. The second kappa shape index (κ2) is 9.74. The number of hydrogen-bond acceptors (Lipinski definition) is 3. The molecule has 0 bridgehead atoms. The fourth-order valence-electron chi connectivity index (χ4n) is 6.44. The Hall–Kier alpha value is -6.61. The highest BCUT2D eigenvalue weighted by Crippen LogP contribution is 2.38. The van der Waals surface area contributed by atoms with Crippen molar-refractivity contribution in [3.63, 3.8) is 0 Å². The highest BCUT2D eigenvalue weighted by Gasteiger charge is 2.17. The van der Waals surface area contributed by atoms with Crippen molar-refractivity contribution >= 4 is 43.6 Å². The van der Waals surface area contributed by atoms with E-state index in [9.17, 15) is 15.8 Å². The fraction of sp³-hybridized carbons (Fsp3) is 0. The van der Waals surface area contributed by atoms with Crippen LogP contribution in [0.2, 0.25) is 0 Å². The molecule has 0 aliphatic carbocycles. The molecule has 0 radical (unpaired) electrons. The van der Waals surface area contributed by atoms with E-state index in [4.69, 9.17) is 0 Å². The Morgan fingerprint density at radius 1 is 0.409 bits per heavy atom. The first-order chi connectivity index (χ1) is 21.7. The number of rotatable bonds is 3. The maximum absolute atomic E-state index is 9.96. The summed E-state index contributed by atoms with van der Waals surface area (Å²) in [6.45, 7) is 0. The van der Waals surface area contributed by atoms with Crippen molar-refractivity contribution < 1.29 is 0 Å². The average molecular weight is 560 g/mol. The second-order valence-electron chi connectivity index (χ2n) is 10.8. The number of benzene rings is 6. The molecule has 202 valence electrons. The molecule has 0 fully saturated rings. The van der Waals surface area contributed by atoms with Crippen LogP contribution in [0.1, 0.15) is 16.7 Å². The number of para-hydroxylation sites is 2. The summed E-state index contributed by atoms with van der Waals surface area (Å²) in [7, 11) is 0. The van der Waals surface area contributed by atoms with E-state index in [0.29, 0.717) is 16.7 Å². The van der Waals surface area contributed by atoms with E-state index in [1.54, 1.807) is 12.1 Å². The van der Waals surface area contributed by atoms with Gasteiger partial charge in [0, 0.05) is 27.2 Å². The molecule has 0 aliphatic heterocycles. The molecular weight excluding hydrogens is 538 g/mol. The third kappa shape index (κ3) is 3.70. The highest BCUT2D eigenvalue weighted by atomic mass is 15.0. The van der Waals surface area contributed by atoms with Gasteiger partial charge in [0.25, 0.3) is 0 Å². The molecule has 2 aromatic heterocycles. The van der Waals surface area contributed by atoms with Gasteiger partial charge in [-0.15, -0.1) is 0 Å². The highest BCUT2D eigenvalue weighted by molar-refractivity contribution is 6.12. The number of aromatic nitrogens is 2. The summed E-state index contributed by atoms with van der Waals surface area (Å²) in [5.74, 6) is 0. The molecule has 2 heterocycles. The number of hydrogen-bond donors (Lipinski definition) is 0. The second-order valence-corrected chi connectivity index (χ2v) is 10.8. The minimum absolute atomic E-state index is 0.453. The van der Waals surface area contributed by atoms with Crippen LogP contribution >= 0.6 is 0 Å². The molecule has 0 spiro atoms. The Morgan fingerprint density at radius 2 is 1.05 bits per heavy atom. The van der Waals surface area contributed by atoms with E-state index in [0.717, 1.165) is 66.1 Å². The minimum atomic E-state index is 0.453. The van der Waals surface area contributed by atoms with Gasteiger partial charge >= 0.3 is 0 Å². The van der Waals surface area contributed by atoms with Crippen LogP contribution in [0.3, 0.4) is 0 Å². The van der Waals surface area contributed by atoms with Gasteiger partial charge in [0.15, 0.2) is 0 Å². The molecule has 0 N–H and O–H groups in total. The van der Waals surface area contributed by atoms with Gasteiger partial charge in [-0.25, -0.2) is 0 Å². The maximum atomic E-state index is 9.96. The molecule has 44 heavy (non-hydrogen) atoms. The van der Waals surface area contributed by atoms with Gasteiger partial charge in [-0.05, 0) is 77.9 Å². The van der Waals surface area contributed by atoms with Crippen LogP contribution in [-0.2, 0) is 0 Å². The summed E-state index contributed by atoms with van der Waals surface area (Å²) < 4.78 is 4.34. The summed E-state index contributed by atoms with van der Waals surface area (Å²) in [6, 6.07) is 49.3. The van der Waals surface area contributed by atoms with Crippen molar-refractivity contribution in [2.45, 2.75) is 0 Å². The van der Waals surface area contributed by atoms with Gasteiger partial charge in [0.1, 0.15) is 6.07 Å². The lowest BCUT2D eigenvalue weighted by Crippen LogP contribution is -1.98. The Labute approximate surface area is 252 Å². The van der Waals surface area contributed by atoms with Crippen molar-refractivity contribution in [2.75, 3.05) is 0 Å². The van der Waals surface area contributed by atoms with Gasteiger partial charge in [-0.1, -0.05) is 60.7 Å². The smallest absolute Gasteiger partial charge is 0.101 e. The molecular formula is C39H21N5. The van der Waals surface area contributed by atoms with E-state index >= 15 is 0 Å². The van der Waals surface area contributed by atoms with Crippen molar-refractivity contribution in [3.05, 3.63) is 144 Å². The first-order valence-corrected chi connectivity index (χ1v) is 14.2. The standard InChI is InChI=1S/C39H21N5/c40-22-25-6-5-7-30(19-25)43-36-10-3-1-8-31(36)33-15-13-28(21-39(33)43)27-14-17-38-34(20-27)32-9-2-4-11-37(32)44(38)35-16-12-26(23-41)18-29(35)24-42/h1-21H. The summed E-state index contributed by atoms with van der Waals surface area (Å²) in [4.78, 5) is 0. The Kier molecular flexibility index (Phi) is 5.56. The topological polar surface area (TPSA) is 81.2 Å². The molecule has 0 aliphatic rings. The van der Waals surface area contributed by atoms with Crippen molar-refractivity contribution in [3.8, 4) is 40.7 Å². The first kappa shape index (κ1) is 25.1. The predicted molar refractivity (Wildman–Crippen MR) is 175 cm³/mol. The molecule has 0 saturated carbocycles. The molecule has 0 saturated heterocycles. The SMILES string of the molecule is N#Cc1cccc(-n2c3ccccc3c3ccc(-c4ccc5c(c4)c4ccccc4n5-c4ccc(C#N)cc4C#N)cc32)c1. The molecule has 8 aromatic rings. The van der Waals surface area contributed by atoms with E-state index in [1.165, 1.54) is 0 Å². The quantitative estimate of drug-likeness (QED) is 0.216. The molecule has 0 amide bonds. The number of nitriles is 3. The van der Waals surface area contributed by atoms with Crippen LogP contribution in [0.4, 0.5) is 0 Å². The minimum Gasteiger partial charge on any atom is -0.309 e. The monoisotopic (exact) mass is 559 g/mol. The van der Waals surface area contributed by atoms with Crippen LogP contribution in [0.5, 0.6) is 0 Å². The van der Waals surface area contributed by atoms with Crippen LogP contribution in [0.15, 0.2) is 127 Å². The molecule has 0 unspecified atom stereocenters. The van der Waals surface area contributed by atoms with E-state index in [1.807, 2.05) is 48.5 Å². The first-order valence-electron chi connectivity index (χ1n) is 14.2. The molecule has 0 atom stereocenters. The third-order valence-corrected chi connectivity index (χ3v) is 8.40. The Bertz CT molecular complexity index is 2600. The summed E-state index contributed by atoms with van der Waals surface area (Å²) in [6.07, 6.45) is 0. The van der Waals surface area contributed by atoms with Crippen LogP contribution in [-0.4, -0.2) is 9.13 Å². The molecule has 5 nitrogen and oxygen atoms in total. The molecule has 5 heteroatoms. The summed E-state index contributed by atoms with van der Waals surface area (Å²) in [5, 5.41) is 33.4. The maximum Gasteiger partial charge on any atom is 0.101 e. The zero-order valence-electron chi connectivity index (χ0n) is 23.4. The number of nitrogens with zero attached hydrogens (tertiary/aromatic N) is 5. The van der Waals surface area contributed by atoms with E-state index in [-0.39, 0.29) is 0 Å². The van der Waals surface area contributed by atoms with E-state index in [2.05, 4.69) is 94.1 Å². The van der Waals surface area contributed by atoms with Crippen LogP contribution < -0.4 is 0 Å². The van der Waals surface area contributed by atoms with Crippen molar-refractivity contribution in [1.82, 2.24) is 9.13 Å². The summed E-state index contributed by atoms with van der Waals surface area (Å²) in [5.41, 5.74) is 9.51. The van der Waals surface area contributed by atoms with Gasteiger partial charge in [-0.3, -0.25) is 0 Å². The van der Waals surface area contributed by atoms with Gasteiger partial charge in [0.05, 0.1) is 56.6 Å². The van der Waals surface area contributed by atoms with Gasteiger partial charge < -0.3 is 9.13 Å². The molecule has 6 aromatic carbocycles. The summed E-state index contributed by atoms with van der Waals surface area (Å²) >= 11 is 0. The lowest BCUT2D eigenvalue weighted by molar-refractivity contribution is 1.16. The van der Waals surface area contributed by atoms with E-state index < -0.39 is 0 Å².